The fraction of sp³-hybridized carbons (Fsp3) is 0.550. The third-order valence-corrected chi connectivity index (χ3v) is 1.72. The van der Waals surface area contributed by atoms with E-state index in [0.29, 0.717) is 6.42 Å². The first-order chi connectivity index (χ1) is 9.79. The highest BCUT2D eigenvalue weighted by Crippen LogP contribution is 1.99. The van der Waals surface area contributed by atoms with Crippen LogP contribution in [0.4, 0.5) is 0 Å². The Balaban J connectivity index is -0.0000000975. The van der Waals surface area contributed by atoms with Crippen LogP contribution in [0.1, 0.15) is 72.9 Å². The minimum absolute atomic E-state index is 0.255. The molecule has 0 aliphatic heterocycles. The molecule has 0 aliphatic carbocycles. The molecule has 0 aromatic heterocycles. The second-order valence-corrected chi connectivity index (χ2v) is 4.42. The van der Waals surface area contributed by atoms with Gasteiger partial charge in [0.2, 0.25) is 0 Å². The van der Waals surface area contributed by atoms with Crippen LogP contribution in [0.25, 0.3) is 0 Å². The van der Waals surface area contributed by atoms with Gasteiger partial charge < -0.3 is 4.79 Å². The summed E-state index contributed by atoms with van der Waals surface area (Å²) in [4.78, 5) is 9.81. The Labute approximate surface area is 134 Å². The second kappa shape index (κ2) is 23.7. The van der Waals surface area contributed by atoms with E-state index in [0.717, 1.165) is 0 Å². The summed E-state index contributed by atoms with van der Waals surface area (Å²) < 4.78 is 0. The molecule has 0 saturated heterocycles. The predicted molar refractivity (Wildman–Crippen MR) is 100 cm³/mol. The zero-order valence-corrected chi connectivity index (χ0v) is 16.1. The van der Waals surface area contributed by atoms with Gasteiger partial charge in [-0.25, -0.2) is 0 Å². The van der Waals surface area contributed by atoms with Crippen molar-refractivity contribution in [1.29, 1.82) is 0 Å². The Bertz CT molecular complexity index is 295. The van der Waals surface area contributed by atoms with Crippen molar-refractivity contribution in [1.82, 2.24) is 0 Å². The maximum atomic E-state index is 9.81. The number of rotatable bonds is 1. The number of hydrogen-bond donors (Lipinski definition) is 0. The topological polar surface area (TPSA) is 17.1 Å². The number of aryl methyl sites for hydroxylation is 2. The fourth-order valence-electron chi connectivity index (χ4n) is 0.637. The first kappa shape index (κ1) is 27.9. The highest BCUT2D eigenvalue weighted by molar-refractivity contribution is 5.74. The molecule has 1 aromatic carbocycles. The fourth-order valence-corrected chi connectivity index (χ4v) is 0.637. The molecule has 1 nitrogen and oxygen atoms in total. The molecule has 0 amide bonds. The molecular formula is C20H38O. The molecule has 0 fully saturated rings. The third-order valence-electron chi connectivity index (χ3n) is 1.72. The summed E-state index contributed by atoms with van der Waals surface area (Å²) in [5.41, 5.74) is 3.83. The van der Waals surface area contributed by atoms with Crippen molar-refractivity contribution in [3.63, 3.8) is 0 Å². The molecule has 0 radical (unpaired) electrons. The van der Waals surface area contributed by atoms with Gasteiger partial charge >= 0.3 is 0 Å². The van der Waals surface area contributed by atoms with Gasteiger partial charge in [0.1, 0.15) is 5.78 Å². The van der Waals surface area contributed by atoms with Crippen LogP contribution in [0.2, 0.25) is 0 Å². The molecule has 0 heterocycles. The predicted octanol–water partition coefficient (Wildman–Crippen LogP) is 6.92. The molecule has 1 aromatic rings. The summed E-state index contributed by atoms with van der Waals surface area (Å²) in [5.74, 6) is 0.255. The van der Waals surface area contributed by atoms with Gasteiger partial charge in [0.05, 0.1) is 0 Å². The van der Waals surface area contributed by atoms with E-state index < -0.39 is 0 Å². The molecule has 0 saturated carbocycles. The number of ketones is 1. The summed E-state index contributed by atoms with van der Waals surface area (Å²) in [5, 5.41) is 0. The van der Waals surface area contributed by atoms with Gasteiger partial charge in [-0.2, -0.15) is 0 Å². The summed E-state index contributed by atoms with van der Waals surface area (Å²) in [7, 11) is 0. The van der Waals surface area contributed by atoms with E-state index in [9.17, 15) is 4.79 Å². The van der Waals surface area contributed by atoms with Crippen molar-refractivity contribution in [3.05, 3.63) is 47.5 Å². The minimum Gasteiger partial charge on any atom is -0.300 e. The molecule has 1 rings (SSSR count). The third kappa shape index (κ3) is 45.6. The quantitative estimate of drug-likeness (QED) is 0.513. The van der Waals surface area contributed by atoms with Crippen LogP contribution in [-0.4, -0.2) is 5.78 Å². The molecule has 0 unspecified atom stereocenters. The summed E-state index contributed by atoms with van der Waals surface area (Å²) in [6, 6.07) is 8.48. The van der Waals surface area contributed by atoms with Crippen molar-refractivity contribution >= 4 is 5.78 Å². The lowest BCUT2D eigenvalue weighted by Gasteiger charge is -1.90. The lowest BCUT2D eigenvalue weighted by Crippen LogP contribution is -1.80. The van der Waals surface area contributed by atoms with Crippen molar-refractivity contribution in [2.75, 3.05) is 0 Å². The Morgan fingerprint density at radius 3 is 1.10 bits per heavy atom. The molecule has 0 aliphatic rings. The van der Waals surface area contributed by atoms with E-state index in [1.807, 2.05) is 48.5 Å². The second-order valence-electron chi connectivity index (χ2n) is 4.42. The van der Waals surface area contributed by atoms with Crippen molar-refractivity contribution in [3.8, 4) is 0 Å². The summed E-state index contributed by atoms with van der Waals surface area (Å²) in [6.45, 7) is 23.1. The molecular weight excluding hydrogens is 256 g/mol. The maximum Gasteiger partial charge on any atom is 0.129 e. The van der Waals surface area contributed by atoms with Crippen LogP contribution in [-0.2, 0) is 4.79 Å². The largest absolute Gasteiger partial charge is 0.300 e. The first-order valence-corrected chi connectivity index (χ1v) is 7.94. The molecule has 1 heteroatoms. The Morgan fingerprint density at radius 2 is 1.00 bits per heavy atom. The number of Topliss-reactive ketones (excluding diaryl/α,β-unsaturated/α-hetero) is 1. The van der Waals surface area contributed by atoms with Crippen LogP contribution < -0.4 is 0 Å². The Hall–Kier alpha value is -1.37. The molecule has 0 bridgehead atoms. The number of allylic oxidation sites excluding steroid dienone is 1. The lowest BCUT2D eigenvalue weighted by atomic mass is 10.2. The highest BCUT2D eigenvalue weighted by Gasteiger charge is 1.79. The van der Waals surface area contributed by atoms with E-state index >= 15 is 0 Å². The molecule has 0 N–H and O–H groups in total. The average Bonchev–Trinajstić information content (AvgIpc) is 2.46. The number of benzene rings is 1. The molecule has 124 valence electrons. The maximum absolute atomic E-state index is 9.81. The normalized spacial score (nSPS) is 7.14. The number of carbonyl (C=O) groups excluding carboxylic acids is 1. The van der Waals surface area contributed by atoms with Crippen LogP contribution in [0, 0.1) is 13.8 Å². The van der Waals surface area contributed by atoms with Crippen LogP contribution in [0.5, 0.6) is 0 Å². The van der Waals surface area contributed by atoms with E-state index in [1.54, 1.807) is 6.92 Å². The van der Waals surface area contributed by atoms with Gasteiger partial charge in [0.15, 0.2) is 0 Å². The van der Waals surface area contributed by atoms with Gasteiger partial charge in [0.25, 0.3) is 0 Å². The van der Waals surface area contributed by atoms with Gasteiger partial charge in [0, 0.05) is 6.42 Å². The van der Waals surface area contributed by atoms with E-state index in [2.05, 4.69) is 44.7 Å². The monoisotopic (exact) mass is 294 g/mol. The highest BCUT2D eigenvalue weighted by atomic mass is 16.1. The van der Waals surface area contributed by atoms with E-state index in [4.69, 9.17) is 0 Å². The van der Waals surface area contributed by atoms with Crippen molar-refractivity contribution < 1.29 is 4.79 Å². The average molecular weight is 295 g/mol. The summed E-state index contributed by atoms with van der Waals surface area (Å²) in [6.07, 6.45) is 0.667. The Morgan fingerprint density at radius 1 is 0.857 bits per heavy atom. The van der Waals surface area contributed by atoms with Gasteiger partial charge in [-0.1, -0.05) is 75.6 Å². The molecule has 0 spiro atoms. The summed E-state index contributed by atoms with van der Waals surface area (Å²) >= 11 is 0. The van der Waals surface area contributed by atoms with Crippen LogP contribution >= 0.6 is 0 Å². The minimum atomic E-state index is 0.255. The zero-order chi connectivity index (χ0) is 17.8. The SMILES string of the molecule is C=C(C)C.CC.CC.CCC(C)=O.Cc1ccc(C)cc1. The Kier molecular flexibility index (Phi) is 31.5. The van der Waals surface area contributed by atoms with Crippen molar-refractivity contribution in [2.45, 2.75) is 75.7 Å². The number of hydrogen-bond acceptors (Lipinski definition) is 1. The number of carbonyl (C=O) groups is 1. The van der Waals surface area contributed by atoms with Gasteiger partial charge in [-0.05, 0) is 34.6 Å². The lowest BCUT2D eigenvalue weighted by molar-refractivity contribution is -0.116. The molecule has 21 heavy (non-hydrogen) atoms. The smallest absolute Gasteiger partial charge is 0.129 e. The van der Waals surface area contributed by atoms with Gasteiger partial charge in [-0.3, -0.25) is 0 Å². The zero-order valence-electron chi connectivity index (χ0n) is 16.1. The van der Waals surface area contributed by atoms with E-state index in [-0.39, 0.29) is 5.78 Å². The van der Waals surface area contributed by atoms with Crippen molar-refractivity contribution in [2.24, 2.45) is 0 Å². The first-order valence-electron chi connectivity index (χ1n) is 7.94. The molecule has 0 atom stereocenters. The van der Waals surface area contributed by atoms with Gasteiger partial charge in [-0.15, -0.1) is 6.58 Å². The van der Waals surface area contributed by atoms with Crippen LogP contribution in [0.3, 0.4) is 0 Å². The van der Waals surface area contributed by atoms with E-state index in [1.165, 1.54) is 16.7 Å². The standard InChI is InChI=1S/C8H10.C4H8O.C4H8.2C2H6/c1-7-3-5-8(2)6-4-7;1-3-4(2)5;1-4(2)3;2*1-2/h3-6H,1-2H3;3H2,1-2H3;1H2,2-3H3;2*1-2H3. The van der Waals surface area contributed by atoms with Crippen LogP contribution in [0.15, 0.2) is 36.4 Å².